The van der Waals surface area contributed by atoms with Gasteiger partial charge in [0.2, 0.25) is 0 Å². The fraction of sp³-hybridized carbons (Fsp3) is 0.556. The molecule has 1 aromatic heterocycles. The molecule has 0 aliphatic heterocycles. The number of rotatable bonds is 3. The van der Waals surface area contributed by atoms with Crippen molar-refractivity contribution in [3.05, 3.63) is 11.1 Å². The molecule has 0 aliphatic carbocycles. The number of nitrogens with zero attached hydrogens (tertiary/aromatic N) is 1. The monoisotopic (exact) mass is 214 g/mol. The van der Waals surface area contributed by atoms with Gasteiger partial charge in [0.1, 0.15) is 5.41 Å². The molecule has 1 rings (SSSR count). The zero-order valence-electron chi connectivity index (χ0n) is 8.75. The summed E-state index contributed by atoms with van der Waals surface area (Å²) in [6.45, 7) is 3.60. The number of hydrogen-bond donors (Lipinski definition) is 1. The largest absolute Gasteiger partial charge is 0.468 e. The average molecular weight is 214 g/mol. The van der Waals surface area contributed by atoms with Crippen LogP contribution in [0, 0.1) is 0 Å². The number of methoxy groups -OCH3 is 1. The molecule has 0 saturated carbocycles. The van der Waals surface area contributed by atoms with E-state index < -0.39 is 5.41 Å². The third-order valence-electron chi connectivity index (χ3n) is 2.05. The molecule has 4 nitrogen and oxygen atoms in total. The van der Waals surface area contributed by atoms with E-state index in [0.717, 1.165) is 10.8 Å². The summed E-state index contributed by atoms with van der Waals surface area (Å²) in [4.78, 5) is 15.7. The second kappa shape index (κ2) is 3.96. The van der Waals surface area contributed by atoms with Gasteiger partial charge in [-0.1, -0.05) is 0 Å². The van der Waals surface area contributed by atoms with Gasteiger partial charge in [0.05, 0.1) is 12.8 Å². The van der Waals surface area contributed by atoms with Crippen molar-refractivity contribution in [3.63, 3.8) is 0 Å². The van der Waals surface area contributed by atoms with Gasteiger partial charge in [-0.05, 0) is 13.8 Å². The number of esters is 1. The summed E-state index contributed by atoms with van der Waals surface area (Å²) in [5.41, 5.74) is 0.0547. The predicted molar refractivity (Wildman–Crippen MR) is 56.7 cm³/mol. The van der Waals surface area contributed by atoms with Crippen LogP contribution < -0.4 is 5.32 Å². The molecule has 14 heavy (non-hydrogen) atoms. The molecule has 0 saturated heterocycles. The molecule has 1 heterocycles. The second-order valence-corrected chi connectivity index (χ2v) is 4.26. The van der Waals surface area contributed by atoms with E-state index in [0.29, 0.717) is 0 Å². The van der Waals surface area contributed by atoms with Gasteiger partial charge in [0.15, 0.2) is 5.13 Å². The van der Waals surface area contributed by atoms with Gasteiger partial charge >= 0.3 is 5.97 Å². The highest BCUT2D eigenvalue weighted by atomic mass is 32.1. The molecule has 0 unspecified atom stereocenters. The van der Waals surface area contributed by atoms with Crippen LogP contribution in [0.3, 0.4) is 0 Å². The smallest absolute Gasteiger partial charge is 0.317 e. The number of ether oxygens (including phenoxy) is 1. The van der Waals surface area contributed by atoms with Crippen LogP contribution in [0.2, 0.25) is 0 Å². The fourth-order valence-corrected chi connectivity index (χ4v) is 1.87. The summed E-state index contributed by atoms with van der Waals surface area (Å²) < 4.78 is 4.72. The van der Waals surface area contributed by atoms with E-state index in [2.05, 4.69) is 10.3 Å². The highest BCUT2D eigenvalue weighted by molar-refractivity contribution is 7.13. The molecule has 0 atom stereocenters. The summed E-state index contributed by atoms with van der Waals surface area (Å²) in [5.74, 6) is -0.273. The molecule has 1 N–H and O–H groups in total. The summed E-state index contributed by atoms with van der Waals surface area (Å²) in [5, 5.41) is 5.60. The van der Waals surface area contributed by atoms with E-state index in [4.69, 9.17) is 4.74 Å². The Bertz CT molecular complexity index is 333. The van der Waals surface area contributed by atoms with Gasteiger partial charge in [-0.2, -0.15) is 0 Å². The van der Waals surface area contributed by atoms with Gasteiger partial charge in [-0.15, -0.1) is 11.3 Å². The van der Waals surface area contributed by atoms with Crippen LogP contribution in [-0.2, 0) is 14.9 Å². The molecule has 5 heteroatoms. The quantitative estimate of drug-likeness (QED) is 0.777. The Kier molecular flexibility index (Phi) is 3.10. The van der Waals surface area contributed by atoms with Crippen molar-refractivity contribution in [3.8, 4) is 0 Å². The van der Waals surface area contributed by atoms with Crippen molar-refractivity contribution in [2.75, 3.05) is 19.5 Å². The summed E-state index contributed by atoms with van der Waals surface area (Å²) in [6, 6.07) is 0. The summed E-state index contributed by atoms with van der Waals surface area (Å²) in [6.07, 6.45) is 0. The van der Waals surface area contributed by atoms with Crippen LogP contribution in [-0.4, -0.2) is 25.1 Å². The number of hydrogen-bond acceptors (Lipinski definition) is 5. The van der Waals surface area contributed by atoms with Gasteiger partial charge in [-0.3, -0.25) is 4.79 Å². The first-order chi connectivity index (χ1) is 6.52. The van der Waals surface area contributed by atoms with Crippen LogP contribution in [0.15, 0.2) is 5.38 Å². The number of nitrogens with one attached hydrogen (secondary N) is 1. The standard InChI is InChI=1S/C9H14N2O2S/c1-9(2,7(12)13-4)6-5-14-8(10-3)11-6/h5H,1-4H3,(H,10,11). The molecule has 78 valence electrons. The highest BCUT2D eigenvalue weighted by Crippen LogP contribution is 2.27. The molecule has 0 amide bonds. The number of aromatic nitrogens is 1. The van der Waals surface area contributed by atoms with E-state index >= 15 is 0 Å². The molecule has 1 aromatic rings. The fourth-order valence-electron chi connectivity index (χ4n) is 1.04. The van der Waals surface area contributed by atoms with Crippen molar-refractivity contribution in [2.45, 2.75) is 19.3 Å². The molecule has 0 aromatic carbocycles. The Balaban J connectivity index is 2.97. The van der Waals surface area contributed by atoms with Crippen molar-refractivity contribution >= 4 is 22.4 Å². The van der Waals surface area contributed by atoms with Gasteiger partial charge in [0.25, 0.3) is 0 Å². The molecule has 0 radical (unpaired) electrons. The maximum atomic E-state index is 11.5. The molecule has 0 spiro atoms. The number of carbonyl (C=O) groups is 1. The Labute approximate surface area is 87.3 Å². The lowest BCUT2D eigenvalue weighted by Crippen LogP contribution is -2.30. The molecular formula is C9H14N2O2S. The lowest BCUT2D eigenvalue weighted by Gasteiger charge is -2.18. The van der Waals surface area contributed by atoms with Gasteiger partial charge in [0, 0.05) is 12.4 Å². The highest BCUT2D eigenvalue weighted by Gasteiger charge is 2.33. The number of carbonyl (C=O) groups excluding carboxylic acids is 1. The minimum atomic E-state index is -0.680. The molecule has 0 bridgehead atoms. The number of anilines is 1. The maximum Gasteiger partial charge on any atom is 0.317 e. The molecule has 0 fully saturated rings. The van der Waals surface area contributed by atoms with E-state index in [1.807, 2.05) is 5.38 Å². The molecular weight excluding hydrogens is 200 g/mol. The van der Waals surface area contributed by atoms with E-state index in [1.165, 1.54) is 18.4 Å². The summed E-state index contributed by atoms with van der Waals surface area (Å²) in [7, 11) is 3.18. The normalized spacial score (nSPS) is 11.1. The average Bonchev–Trinajstić information content (AvgIpc) is 2.65. The maximum absolute atomic E-state index is 11.5. The van der Waals surface area contributed by atoms with Crippen molar-refractivity contribution in [1.82, 2.24) is 4.98 Å². The van der Waals surface area contributed by atoms with Crippen LogP contribution in [0.25, 0.3) is 0 Å². The first-order valence-electron chi connectivity index (χ1n) is 4.24. The Morgan fingerprint density at radius 2 is 2.29 bits per heavy atom. The van der Waals surface area contributed by atoms with E-state index in [1.54, 1.807) is 20.9 Å². The summed E-state index contributed by atoms with van der Waals surface area (Å²) >= 11 is 1.47. The minimum absolute atomic E-state index is 0.273. The minimum Gasteiger partial charge on any atom is -0.468 e. The van der Waals surface area contributed by atoms with Gasteiger partial charge in [-0.25, -0.2) is 4.98 Å². The van der Waals surface area contributed by atoms with Crippen LogP contribution in [0.5, 0.6) is 0 Å². The Morgan fingerprint density at radius 1 is 1.64 bits per heavy atom. The Morgan fingerprint density at radius 3 is 2.71 bits per heavy atom. The SMILES string of the molecule is CNc1nc(C(C)(C)C(=O)OC)cs1. The van der Waals surface area contributed by atoms with E-state index in [-0.39, 0.29) is 5.97 Å². The topological polar surface area (TPSA) is 51.2 Å². The zero-order chi connectivity index (χ0) is 10.8. The second-order valence-electron chi connectivity index (χ2n) is 3.40. The first-order valence-corrected chi connectivity index (χ1v) is 5.12. The van der Waals surface area contributed by atoms with Crippen molar-refractivity contribution in [2.24, 2.45) is 0 Å². The lowest BCUT2D eigenvalue weighted by atomic mass is 9.90. The first kappa shape index (κ1) is 11.0. The molecule has 0 aliphatic rings. The lowest BCUT2D eigenvalue weighted by molar-refractivity contribution is -0.146. The third kappa shape index (κ3) is 1.87. The zero-order valence-corrected chi connectivity index (χ0v) is 9.57. The third-order valence-corrected chi connectivity index (χ3v) is 2.91. The Hall–Kier alpha value is -1.10. The van der Waals surface area contributed by atoms with Crippen LogP contribution >= 0.6 is 11.3 Å². The van der Waals surface area contributed by atoms with Crippen molar-refractivity contribution in [1.29, 1.82) is 0 Å². The predicted octanol–water partition coefficient (Wildman–Crippen LogP) is 1.64. The van der Waals surface area contributed by atoms with Gasteiger partial charge < -0.3 is 10.1 Å². The number of thiazole rings is 1. The van der Waals surface area contributed by atoms with Crippen LogP contribution in [0.4, 0.5) is 5.13 Å². The van der Waals surface area contributed by atoms with Crippen molar-refractivity contribution < 1.29 is 9.53 Å². The van der Waals surface area contributed by atoms with Crippen LogP contribution in [0.1, 0.15) is 19.5 Å². The van der Waals surface area contributed by atoms with E-state index in [9.17, 15) is 4.79 Å².